The van der Waals surface area contributed by atoms with Crippen molar-refractivity contribution < 1.29 is 18.4 Å². The number of carbonyl (C=O) groups excluding carboxylic acids is 2. The minimum atomic E-state index is -0.782. The minimum Gasteiger partial charge on any atom is -0.300 e. The maximum Gasteiger partial charge on any atom is 0.299 e. The molecule has 0 saturated heterocycles. The highest BCUT2D eigenvalue weighted by molar-refractivity contribution is 6.52. The molecule has 1 aliphatic heterocycles. The van der Waals surface area contributed by atoms with Gasteiger partial charge in [-0.2, -0.15) is 0 Å². The Morgan fingerprint density at radius 2 is 1.67 bits per heavy atom. The lowest BCUT2D eigenvalue weighted by Crippen LogP contribution is -2.29. The summed E-state index contributed by atoms with van der Waals surface area (Å²) in [5.41, 5.74) is 0.675. The lowest BCUT2D eigenvalue weighted by atomic mass is 10.1. The first-order valence-electron chi connectivity index (χ1n) is 6.07. The summed E-state index contributed by atoms with van der Waals surface area (Å²) >= 11 is 5.96. The van der Waals surface area contributed by atoms with E-state index in [4.69, 9.17) is 11.6 Å². The van der Waals surface area contributed by atoms with Crippen LogP contribution in [0.2, 0.25) is 5.02 Å². The average molecular weight is 308 g/mol. The molecule has 0 saturated carbocycles. The lowest BCUT2D eigenvalue weighted by molar-refractivity contribution is -0.114. The van der Waals surface area contributed by atoms with Crippen molar-refractivity contribution in [2.24, 2.45) is 0 Å². The number of Topliss-reactive ketones (excluding diaryl/α,β-unsaturated/α-hetero) is 1. The lowest BCUT2D eigenvalue weighted by Gasteiger charge is -2.17. The predicted molar refractivity (Wildman–Crippen MR) is 73.3 cm³/mol. The summed E-state index contributed by atoms with van der Waals surface area (Å²) in [6.45, 7) is -0.0558. The molecule has 1 amide bonds. The number of carbonyl (C=O) groups is 2. The van der Waals surface area contributed by atoms with Crippen molar-refractivity contribution in [1.29, 1.82) is 0 Å². The molecular weight excluding hydrogens is 300 g/mol. The molecule has 0 N–H and O–H groups in total. The number of hydrogen-bond donors (Lipinski definition) is 0. The number of rotatable bonds is 2. The SMILES string of the molecule is O=C1C(=O)N(Cc2cc(F)ccc2Cl)c2ccc(F)cc21. The molecule has 0 aliphatic carbocycles. The molecule has 3 nitrogen and oxygen atoms in total. The number of hydrogen-bond acceptors (Lipinski definition) is 2. The van der Waals surface area contributed by atoms with Crippen molar-refractivity contribution in [3.8, 4) is 0 Å². The third kappa shape index (κ3) is 2.29. The van der Waals surface area contributed by atoms with Crippen molar-refractivity contribution in [1.82, 2.24) is 0 Å². The van der Waals surface area contributed by atoms with Crippen molar-refractivity contribution in [3.05, 3.63) is 64.2 Å². The van der Waals surface area contributed by atoms with Crippen LogP contribution < -0.4 is 4.90 Å². The van der Waals surface area contributed by atoms with Gasteiger partial charge in [-0.3, -0.25) is 9.59 Å². The molecule has 1 aliphatic rings. The highest BCUT2D eigenvalue weighted by Crippen LogP contribution is 2.32. The van der Waals surface area contributed by atoms with Crippen LogP contribution in [-0.4, -0.2) is 11.7 Å². The number of amides is 1. The van der Waals surface area contributed by atoms with E-state index in [1.807, 2.05) is 0 Å². The molecule has 0 fully saturated rings. The topological polar surface area (TPSA) is 37.4 Å². The minimum absolute atomic E-state index is 0.00697. The Hall–Kier alpha value is -2.27. The molecule has 0 unspecified atom stereocenters. The van der Waals surface area contributed by atoms with Gasteiger partial charge < -0.3 is 4.90 Å². The van der Waals surface area contributed by atoms with Crippen LogP contribution in [0.5, 0.6) is 0 Å². The van der Waals surface area contributed by atoms with Crippen LogP contribution in [0.4, 0.5) is 14.5 Å². The fourth-order valence-corrected chi connectivity index (χ4v) is 2.44. The number of halogens is 3. The van der Waals surface area contributed by atoms with Crippen molar-refractivity contribution >= 4 is 29.0 Å². The standard InChI is InChI=1S/C15H8ClF2NO2/c16-12-3-1-9(17)5-8(12)7-19-13-4-2-10(18)6-11(13)14(20)15(19)21/h1-6H,7H2. The van der Waals surface area contributed by atoms with Gasteiger partial charge in [0, 0.05) is 5.02 Å². The van der Waals surface area contributed by atoms with Crippen LogP contribution in [0.25, 0.3) is 0 Å². The number of benzene rings is 2. The second-order valence-electron chi connectivity index (χ2n) is 4.62. The molecule has 0 spiro atoms. The fraction of sp³-hybridized carbons (Fsp3) is 0.0667. The Bertz CT molecular complexity index is 776. The third-order valence-electron chi connectivity index (χ3n) is 3.27. The van der Waals surface area contributed by atoms with E-state index >= 15 is 0 Å². The van der Waals surface area contributed by atoms with E-state index in [2.05, 4.69) is 0 Å². The second kappa shape index (κ2) is 4.93. The molecule has 0 radical (unpaired) electrons. The van der Waals surface area contributed by atoms with E-state index in [-0.39, 0.29) is 17.1 Å². The molecule has 0 aromatic heterocycles. The normalized spacial score (nSPS) is 13.8. The van der Waals surface area contributed by atoms with Gasteiger partial charge in [-0.15, -0.1) is 0 Å². The van der Waals surface area contributed by atoms with Crippen LogP contribution in [0, 0.1) is 11.6 Å². The van der Waals surface area contributed by atoms with E-state index in [1.165, 1.54) is 24.3 Å². The fourth-order valence-electron chi connectivity index (χ4n) is 2.26. The van der Waals surface area contributed by atoms with E-state index in [0.29, 0.717) is 11.3 Å². The first-order chi connectivity index (χ1) is 9.97. The summed E-state index contributed by atoms with van der Waals surface area (Å²) in [4.78, 5) is 25.0. The maximum atomic E-state index is 13.3. The number of fused-ring (bicyclic) bond motifs is 1. The second-order valence-corrected chi connectivity index (χ2v) is 5.02. The summed E-state index contributed by atoms with van der Waals surface area (Å²) in [6, 6.07) is 7.29. The molecular formula is C15H8ClF2NO2. The van der Waals surface area contributed by atoms with Gasteiger partial charge in [-0.05, 0) is 42.0 Å². The molecule has 21 heavy (non-hydrogen) atoms. The van der Waals surface area contributed by atoms with E-state index in [9.17, 15) is 18.4 Å². The zero-order valence-electron chi connectivity index (χ0n) is 10.6. The smallest absolute Gasteiger partial charge is 0.299 e. The molecule has 2 aromatic carbocycles. The molecule has 0 atom stereocenters. The van der Waals surface area contributed by atoms with Gasteiger partial charge in [-0.25, -0.2) is 8.78 Å². The van der Waals surface area contributed by atoms with Gasteiger partial charge in [0.15, 0.2) is 0 Å². The van der Waals surface area contributed by atoms with Gasteiger partial charge in [0.1, 0.15) is 11.6 Å². The number of nitrogens with zero attached hydrogens (tertiary/aromatic N) is 1. The average Bonchev–Trinajstić information content (AvgIpc) is 2.68. The first-order valence-corrected chi connectivity index (χ1v) is 6.45. The summed E-state index contributed by atoms with van der Waals surface area (Å²) in [5, 5.41) is 0.284. The Kier molecular flexibility index (Phi) is 3.22. The monoisotopic (exact) mass is 307 g/mol. The summed E-state index contributed by atoms with van der Waals surface area (Å²) in [7, 11) is 0. The molecule has 0 bridgehead atoms. The van der Waals surface area contributed by atoms with Crippen molar-refractivity contribution in [2.75, 3.05) is 4.90 Å². The Morgan fingerprint density at radius 1 is 1.00 bits per heavy atom. The quantitative estimate of drug-likeness (QED) is 0.798. The number of ketones is 1. The van der Waals surface area contributed by atoms with Gasteiger partial charge in [0.05, 0.1) is 17.8 Å². The van der Waals surface area contributed by atoms with Crippen LogP contribution in [0.15, 0.2) is 36.4 Å². The van der Waals surface area contributed by atoms with Crippen molar-refractivity contribution in [2.45, 2.75) is 6.54 Å². The Morgan fingerprint density at radius 3 is 2.43 bits per heavy atom. The largest absolute Gasteiger partial charge is 0.300 e. The van der Waals surface area contributed by atoms with Crippen LogP contribution >= 0.6 is 11.6 Å². The zero-order valence-corrected chi connectivity index (χ0v) is 11.3. The highest BCUT2D eigenvalue weighted by Gasteiger charge is 2.36. The van der Waals surface area contributed by atoms with Gasteiger partial charge in [0.2, 0.25) is 0 Å². The summed E-state index contributed by atoms with van der Waals surface area (Å²) in [5.74, 6) is -2.65. The molecule has 3 rings (SSSR count). The maximum absolute atomic E-state index is 13.3. The van der Waals surface area contributed by atoms with Gasteiger partial charge in [0.25, 0.3) is 11.7 Å². The zero-order chi connectivity index (χ0) is 15.1. The van der Waals surface area contributed by atoms with E-state index in [0.717, 1.165) is 17.0 Å². The van der Waals surface area contributed by atoms with Crippen LogP contribution in [0.3, 0.4) is 0 Å². The number of anilines is 1. The van der Waals surface area contributed by atoms with Crippen molar-refractivity contribution in [3.63, 3.8) is 0 Å². The molecule has 6 heteroatoms. The molecule has 106 valence electrons. The van der Waals surface area contributed by atoms with Crippen LogP contribution in [-0.2, 0) is 11.3 Å². The van der Waals surface area contributed by atoms with Gasteiger partial charge in [-0.1, -0.05) is 11.6 Å². The summed E-state index contributed by atoms with van der Waals surface area (Å²) in [6.07, 6.45) is 0. The Balaban J connectivity index is 2.02. The highest BCUT2D eigenvalue weighted by atomic mass is 35.5. The van der Waals surface area contributed by atoms with Crippen LogP contribution in [0.1, 0.15) is 15.9 Å². The Labute approximate surface area is 123 Å². The summed E-state index contributed by atoms with van der Waals surface area (Å²) < 4.78 is 26.4. The van der Waals surface area contributed by atoms with Gasteiger partial charge >= 0.3 is 0 Å². The van der Waals surface area contributed by atoms with E-state index < -0.39 is 23.3 Å². The third-order valence-corrected chi connectivity index (χ3v) is 3.64. The molecule has 2 aromatic rings. The predicted octanol–water partition coefficient (Wildman–Crippen LogP) is 3.35. The molecule has 1 heterocycles. The van der Waals surface area contributed by atoms with E-state index in [1.54, 1.807) is 0 Å². The first kappa shape index (κ1) is 13.7.